The number of fused-ring (bicyclic) bond motifs is 8. The van der Waals surface area contributed by atoms with Crippen LogP contribution in [0.2, 0.25) is 0 Å². The van der Waals surface area contributed by atoms with Gasteiger partial charge in [0.1, 0.15) is 0 Å². The molecule has 0 radical (unpaired) electrons. The second kappa shape index (κ2) is 19.2. The summed E-state index contributed by atoms with van der Waals surface area (Å²) in [7, 11) is 1.47. The molecule has 9 rings (SSSR count). The van der Waals surface area contributed by atoms with Gasteiger partial charge in [0.25, 0.3) is 11.8 Å². The van der Waals surface area contributed by atoms with Crippen LogP contribution in [-0.4, -0.2) is 100 Å². The Balaban J connectivity index is 1.31. The van der Waals surface area contributed by atoms with Crippen LogP contribution in [0, 0.1) is 0 Å². The van der Waals surface area contributed by atoms with Crippen molar-refractivity contribution >= 4 is 75.3 Å². The lowest BCUT2D eigenvalue weighted by Crippen LogP contribution is -2.32. The number of hydrogen-bond donors (Lipinski definition) is 7. The van der Waals surface area contributed by atoms with E-state index in [1.54, 1.807) is 36.4 Å². The molecule has 6 heterocycles. The summed E-state index contributed by atoms with van der Waals surface area (Å²) in [4.78, 5) is 122. The smallest absolute Gasteiger partial charge is 0.335 e. The highest BCUT2D eigenvalue weighted by Gasteiger charge is 2.35. The zero-order valence-corrected chi connectivity index (χ0v) is 41.0. The number of amides is 3. The summed E-state index contributed by atoms with van der Waals surface area (Å²) in [5.74, 6) is -7.92. The molecule has 3 aromatic carbocycles. The number of anilines is 1. The maximum atomic E-state index is 13.4. The van der Waals surface area contributed by atoms with Gasteiger partial charge in [-0.1, -0.05) is 39.8 Å². The van der Waals surface area contributed by atoms with E-state index in [-0.39, 0.29) is 59.1 Å². The van der Waals surface area contributed by atoms with Gasteiger partial charge in [-0.3, -0.25) is 24.4 Å². The van der Waals surface area contributed by atoms with Crippen LogP contribution in [-0.2, 0) is 47.7 Å². The van der Waals surface area contributed by atoms with Crippen molar-refractivity contribution < 1.29 is 68.4 Å². The van der Waals surface area contributed by atoms with Gasteiger partial charge < -0.3 is 45.3 Å². The molecule has 0 aliphatic carbocycles. The largest absolute Gasteiger partial charge is 0.493 e. The molecular formula is C55H48N6O14. The molecule has 3 amide bonds. The molecule has 7 N–H and O–H groups in total. The van der Waals surface area contributed by atoms with Crippen LogP contribution in [0.1, 0.15) is 118 Å². The first kappa shape index (κ1) is 50.5. The van der Waals surface area contributed by atoms with Crippen LogP contribution in [0.15, 0.2) is 84.9 Å². The standard InChI is InChI=1S/C55H48N6O14/c1-54(2)24-38-46(26-7-6-8-33(19-26)56-42(62)9-12-45(65)75-61-43(63)10-11-44(61)64)47-36(27-13-29(50(66)67)17-30(14-27)51(68)69)20-34(57-47)22-41-55(3,4)25-39(60-41)49(74-5)48-37(21-35(58-48)23-40(54)59-38)28-15-31(52(70)71)18-32(16-28)53(72)73/h6-8,13-23,57-58H,9-12,24-25H2,1-5H3,(H,56,62)(H,66,67)(H,68,69)(H,70,71)(H,72,73). The fourth-order valence-corrected chi connectivity index (χ4v) is 9.53. The van der Waals surface area contributed by atoms with Gasteiger partial charge in [-0.05, 0) is 89.5 Å². The number of aromatic amines is 2. The van der Waals surface area contributed by atoms with Crippen molar-refractivity contribution in [1.82, 2.24) is 25.0 Å². The second-order valence-electron chi connectivity index (χ2n) is 19.7. The SMILES string of the molecule is COc1c2nc(cc3cc(-c4cc(C(=O)O)cc(C(=O)O)c4)c([nH]3)c(-c3cccc(NC(=O)CCC(=O)ON4C(=O)CCC4=O)c3)c3nc(cc4cc(-c5cc(C(=O)O)cc(C(=O)O)c5)c1[nH]4)C(C)(C)C3)C(C)(C)C2. The fraction of sp³-hybridized carbons (Fsp3) is 0.236. The summed E-state index contributed by atoms with van der Waals surface area (Å²) in [6.07, 6.45) is -0.372. The maximum Gasteiger partial charge on any atom is 0.335 e. The van der Waals surface area contributed by atoms with Crippen molar-refractivity contribution in [2.75, 3.05) is 12.4 Å². The minimum absolute atomic E-state index is 0.0910. The number of rotatable bonds is 13. The highest BCUT2D eigenvalue weighted by atomic mass is 16.7. The summed E-state index contributed by atoms with van der Waals surface area (Å²) in [5, 5.41) is 43.7. The van der Waals surface area contributed by atoms with Crippen molar-refractivity contribution in [3.05, 3.63) is 130 Å². The van der Waals surface area contributed by atoms with Crippen molar-refractivity contribution in [1.29, 1.82) is 0 Å². The van der Waals surface area contributed by atoms with E-state index < -0.39 is 64.8 Å². The lowest BCUT2D eigenvalue weighted by Gasteiger charge is -2.17. The average Bonchev–Trinajstić information content (AvgIpc) is 4.17. The third kappa shape index (κ3) is 10.0. The Bertz CT molecular complexity index is 3600. The number of hydrogen-bond acceptors (Lipinski definition) is 12. The van der Waals surface area contributed by atoms with Gasteiger partial charge >= 0.3 is 29.8 Å². The first-order valence-corrected chi connectivity index (χ1v) is 23.5. The molecule has 20 nitrogen and oxygen atoms in total. The lowest BCUT2D eigenvalue weighted by molar-refractivity contribution is -0.197. The Labute approximate surface area is 426 Å². The van der Waals surface area contributed by atoms with Gasteiger partial charge in [0.15, 0.2) is 5.75 Å². The molecule has 0 saturated carbocycles. The summed E-state index contributed by atoms with van der Waals surface area (Å²) in [6.45, 7) is 7.90. The molecule has 3 aliphatic heterocycles. The van der Waals surface area contributed by atoms with E-state index in [2.05, 4.69) is 15.3 Å². The number of methoxy groups -OCH3 is 1. The number of carbonyl (C=O) groups is 8. The predicted molar refractivity (Wildman–Crippen MR) is 270 cm³/mol. The van der Waals surface area contributed by atoms with Gasteiger partial charge in [0, 0.05) is 87.7 Å². The molecule has 20 heteroatoms. The van der Waals surface area contributed by atoms with E-state index in [4.69, 9.17) is 19.5 Å². The number of imide groups is 1. The molecule has 1 saturated heterocycles. The average molecular weight is 1020 g/mol. The van der Waals surface area contributed by atoms with Gasteiger partial charge in [0.2, 0.25) is 5.91 Å². The molecular weight excluding hydrogens is 969 g/mol. The zero-order chi connectivity index (χ0) is 53.8. The number of ether oxygens (including phenoxy) is 1. The monoisotopic (exact) mass is 1020 g/mol. The number of aromatic nitrogens is 4. The molecule has 0 atom stereocenters. The van der Waals surface area contributed by atoms with E-state index >= 15 is 0 Å². The number of aromatic carboxylic acids is 4. The highest BCUT2D eigenvalue weighted by molar-refractivity contribution is 6.04. The minimum Gasteiger partial charge on any atom is -0.493 e. The van der Waals surface area contributed by atoms with Gasteiger partial charge in [-0.15, -0.1) is 5.06 Å². The van der Waals surface area contributed by atoms with Crippen LogP contribution < -0.4 is 10.1 Å². The maximum absolute atomic E-state index is 13.4. The molecule has 3 aromatic heterocycles. The molecule has 0 spiro atoms. The lowest BCUT2D eigenvalue weighted by atomic mass is 9.85. The van der Waals surface area contributed by atoms with E-state index in [9.17, 15) is 58.8 Å². The minimum atomic E-state index is -1.35. The normalized spacial score (nSPS) is 14.6. The number of carboxylic acids is 4. The van der Waals surface area contributed by atoms with E-state index in [1.165, 1.54) is 31.4 Å². The first-order valence-electron chi connectivity index (χ1n) is 23.5. The number of nitrogens with one attached hydrogen (secondary N) is 3. The highest BCUT2D eigenvalue weighted by Crippen LogP contribution is 2.44. The Morgan fingerprint density at radius 3 is 1.60 bits per heavy atom. The summed E-state index contributed by atoms with van der Waals surface area (Å²) >= 11 is 0. The molecule has 1 fully saturated rings. The third-order valence-electron chi connectivity index (χ3n) is 13.3. The first-order chi connectivity index (χ1) is 35.5. The number of benzene rings is 3. The number of carbonyl (C=O) groups excluding carboxylic acids is 4. The molecule has 6 aromatic rings. The number of carboxylic acid groups (broad SMARTS) is 4. The van der Waals surface area contributed by atoms with Crippen LogP contribution in [0.4, 0.5) is 5.69 Å². The summed E-state index contributed by atoms with van der Waals surface area (Å²) < 4.78 is 6.12. The van der Waals surface area contributed by atoms with Crippen molar-refractivity contribution in [3.8, 4) is 39.1 Å². The Hall–Kier alpha value is -9.46. The second-order valence-corrected chi connectivity index (χ2v) is 19.7. The van der Waals surface area contributed by atoms with Crippen molar-refractivity contribution in [3.63, 3.8) is 0 Å². The third-order valence-corrected chi connectivity index (χ3v) is 13.3. The van der Waals surface area contributed by atoms with Crippen LogP contribution in [0.25, 0.3) is 55.4 Å². The van der Waals surface area contributed by atoms with Crippen LogP contribution in [0.5, 0.6) is 5.75 Å². The molecule has 8 bridgehead atoms. The van der Waals surface area contributed by atoms with Gasteiger partial charge in [0.05, 0.1) is 58.2 Å². The number of H-pyrrole nitrogens is 2. The quantitative estimate of drug-likeness (QED) is 0.0533. The molecule has 3 aliphatic rings. The number of hydroxylamine groups is 2. The summed E-state index contributed by atoms with van der Waals surface area (Å²) in [6, 6.07) is 21.6. The van der Waals surface area contributed by atoms with Crippen molar-refractivity contribution in [2.24, 2.45) is 0 Å². The Morgan fingerprint density at radius 2 is 1.09 bits per heavy atom. The predicted octanol–water partition coefficient (Wildman–Crippen LogP) is 8.48. The van der Waals surface area contributed by atoms with Gasteiger partial charge in [-0.2, -0.15) is 0 Å². The molecule has 75 heavy (non-hydrogen) atoms. The molecule has 0 unspecified atom stereocenters. The summed E-state index contributed by atoms with van der Waals surface area (Å²) in [5.41, 5.74) is 4.14. The van der Waals surface area contributed by atoms with Crippen LogP contribution >= 0.6 is 0 Å². The van der Waals surface area contributed by atoms with Gasteiger partial charge in [-0.25, -0.2) is 24.0 Å². The Kier molecular flexibility index (Phi) is 12.9. The van der Waals surface area contributed by atoms with Crippen LogP contribution in [0.3, 0.4) is 0 Å². The van der Waals surface area contributed by atoms with E-state index in [1.807, 2.05) is 39.8 Å². The Morgan fingerprint density at radius 1 is 0.613 bits per heavy atom. The molecule has 382 valence electrons. The zero-order valence-electron chi connectivity index (χ0n) is 41.0. The van der Waals surface area contributed by atoms with E-state index in [0.29, 0.717) is 90.0 Å². The van der Waals surface area contributed by atoms with Crippen molar-refractivity contribution in [2.45, 2.75) is 77.0 Å². The van der Waals surface area contributed by atoms with E-state index in [0.717, 1.165) is 12.1 Å². The number of nitrogens with zero attached hydrogens (tertiary/aromatic N) is 3. The fourth-order valence-electron chi connectivity index (χ4n) is 9.53. The topological polar surface area (TPSA) is 309 Å².